The zero-order valence-corrected chi connectivity index (χ0v) is 15.1. The topological polar surface area (TPSA) is 42.4 Å². The van der Waals surface area contributed by atoms with Gasteiger partial charge < -0.3 is 9.64 Å². The second-order valence-electron chi connectivity index (χ2n) is 5.59. The lowest BCUT2D eigenvalue weighted by Gasteiger charge is -2.23. The summed E-state index contributed by atoms with van der Waals surface area (Å²) in [5.41, 5.74) is 1.76. The molecule has 0 N–H and O–H groups in total. The quantitative estimate of drug-likeness (QED) is 0.627. The molecule has 0 aliphatic carbocycles. The number of aromatic nitrogens is 1. The van der Waals surface area contributed by atoms with E-state index in [-0.39, 0.29) is 18.3 Å². The molecule has 0 aliphatic rings. The smallest absolute Gasteiger partial charge is 0.254 e. The summed E-state index contributed by atoms with van der Waals surface area (Å²) in [4.78, 5) is 18.8. The molecule has 0 bridgehead atoms. The number of hydrogen-bond acceptors (Lipinski definition) is 3. The molecule has 1 amide bonds. The highest BCUT2D eigenvalue weighted by atomic mass is 35.5. The first-order valence-electron chi connectivity index (χ1n) is 8.25. The minimum atomic E-state index is -0.00549. The predicted octanol–water partition coefficient (Wildman–Crippen LogP) is 4.22. The second kappa shape index (κ2) is 10.2. The highest BCUT2D eigenvalue weighted by Gasteiger charge is 2.16. The summed E-state index contributed by atoms with van der Waals surface area (Å²) in [5, 5.41) is 0. The summed E-state index contributed by atoms with van der Waals surface area (Å²) in [6.45, 7) is 1.42. The maximum absolute atomic E-state index is 12.8. The van der Waals surface area contributed by atoms with Crippen LogP contribution in [0.15, 0.2) is 85.1 Å². The van der Waals surface area contributed by atoms with Crippen molar-refractivity contribution in [2.24, 2.45) is 0 Å². The number of carbonyl (C=O) groups excluding carboxylic acids is 1. The molecule has 5 heteroatoms. The molecule has 0 aliphatic heterocycles. The third-order valence-electron chi connectivity index (χ3n) is 3.77. The van der Waals surface area contributed by atoms with Crippen molar-refractivity contribution in [2.45, 2.75) is 6.54 Å². The first-order chi connectivity index (χ1) is 12.3. The molecular formula is C21H21ClN2O2. The number of nitrogens with zero attached hydrogens (tertiary/aromatic N) is 2. The summed E-state index contributed by atoms with van der Waals surface area (Å²) in [6.07, 6.45) is 1.69. The molecule has 0 radical (unpaired) electrons. The van der Waals surface area contributed by atoms with Gasteiger partial charge in [0, 0.05) is 24.4 Å². The number of ether oxygens (including phenoxy) is 1. The molecule has 0 unspecified atom stereocenters. The van der Waals surface area contributed by atoms with Crippen molar-refractivity contribution in [1.29, 1.82) is 0 Å². The summed E-state index contributed by atoms with van der Waals surface area (Å²) in [7, 11) is 0. The third-order valence-corrected chi connectivity index (χ3v) is 3.77. The predicted molar refractivity (Wildman–Crippen MR) is 105 cm³/mol. The van der Waals surface area contributed by atoms with Crippen molar-refractivity contribution in [3.63, 3.8) is 0 Å². The Kier molecular flexibility index (Phi) is 7.65. The van der Waals surface area contributed by atoms with Crippen molar-refractivity contribution in [3.8, 4) is 5.88 Å². The van der Waals surface area contributed by atoms with Gasteiger partial charge in [-0.05, 0) is 23.8 Å². The number of benzene rings is 2. The highest BCUT2D eigenvalue weighted by Crippen LogP contribution is 2.11. The Morgan fingerprint density at radius 1 is 0.885 bits per heavy atom. The molecule has 2 aromatic carbocycles. The Bertz CT molecular complexity index is 783. The van der Waals surface area contributed by atoms with Crippen molar-refractivity contribution >= 4 is 18.3 Å². The fourth-order valence-corrected chi connectivity index (χ4v) is 2.51. The van der Waals surface area contributed by atoms with Gasteiger partial charge >= 0.3 is 0 Å². The van der Waals surface area contributed by atoms with Gasteiger partial charge in [-0.2, -0.15) is 0 Å². The Labute approximate surface area is 159 Å². The Morgan fingerprint density at radius 3 is 2.19 bits per heavy atom. The minimum Gasteiger partial charge on any atom is -0.476 e. The van der Waals surface area contributed by atoms with Gasteiger partial charge in [-0.15, -0.1) is 12.4 Å². The minimum absolute atomic E-state index is 0. The molecule has 0 saturated carbocycles. The molecule has 3 aromatic rings. The number of halogens is 1. The van der Waals surface area contributed by atoms with Gasteiger partial charge in [0.1, 0.15) is 6.61 Å². The first-order valence-corrected chi connectivity index (χ1v) is 8.25. The number of hydrogen-bond donors (Lipinski definition) is 0. The molecular weight excluding hydrogens is 348 g/mol. The van der Waals surface area contributed by atoms with E-state index in [9.17, 15) is 4.79 Å². The summed E-state index contributed by atoms with van der Waals surface area (Å²) < 4.78 is 5.66. The van der Waals surface area contributed by atoms with E-state index in [1.807, 2.05) is 72.8 Å². The van der Waals surface area contributed by atoms with E-state index in [0.717, 1.165) is 5.56 Å². The molecule has 1 aromatic heterocycles. The molecule has 0 atom stereocenters. The molecule has 1 heterocycles. The molecule has 3 rings (SSSR count). The van der Waals surface area contributed by atoms with Crippen molar-refractivity contribution in [3.05, 3.63) is 96.2 Å². The Morgan fingerprint density at radius 2 is 1.54 bits per heavy atom. The monoisotopic (exact) mass is 368 g/mol. The van der Waals surface area contributed by atoms with Crippen LogP contribution in [-0.2, 0) is 6.54 Å². The van der Waals surface area contributed by atoms with Crippen LogP contribution in [0.2, 0.25) is 0 Å². The molecule has 4 nitrogen and oxygen atoms in total. The second-order valence-corrected chi connectivity index (χ2v) is 5.59. The largest absolute Gasteiger partial charge is 0.476 e. The fraction of sp³-hybridized carbons (Fsp3) is 0.143. The third kappa shape index (κ3) is 5.60. The van der Waals surface area contributed by atoms with Crippen molar-refractivity contribution in [1.82, 2.24) is 9.88 Å². The van der Waals surface area contributed by atoms with Crippen LogP contribution in [0.25, 0.3) is 0 Å². The molecule has 0 saturated heterocycles. The normalized spacial score (nSPS) is 9.85. The van der Waals surface area contributed by atoms with E-state index >= 15 is 0 Å². The van der Waals surface area contributed by atoms with Crippen LogP contribution in [0, 0.1) is 0 Å². The van der Waals surface area contributed by atoms with Crippen LogP contribution in [-0.4, -0.2) is 28.9 Å². The zero-order chi connectivity index (χ0) is 17.3. The van der Waals surface area contributed by atoms with Gasteiger partial charge in [0.2, 0.25) is 5.88 Å². The molecule has 0 spiro atoms. The fourth-order valence-electron chi connectivity index (χ4n) is 2.51. The average molecular weight is 369 g/mol. The van der Waals surface area contributed by atoms with E-state index in [0.29, 0.717) is 31.1 Å². The lowest BCUT2D eigenvalue weighted by atomic mass is 10.1. The van der Waals surface area contributed by atoms with E-state index in [2.05, 4.69) is 4.98 Å². The van der Waals surface area contributed by atoms with Gasteiger partial charge in [-0.25, -0.2) is 4.98 Å². The van der Waals surface area contributed by atoms with E-state index in [1.54, 1.807) is 17.2 Å². The van der Waals surface area contributed by atoms with Gasteiger partial charge in [0.25, 0.3) is 5.91 Å². The molecule has 26 heavy (non-hydrogen) atoms. The van der Waals surface area contributed by atoms with Crippen molar-refractivity contribution < 1.29 is 9.53 Å². The Balaban J connectivity index is 0.00000243. The lowest BCUT2D eigenvalue weighted by Crippen LogP contribution is -2.34. The van der Waals surface area contributed by atoms with Crippen LogP contribution in [0.5, 0.6) is 5.88 Å². The summed E-state index contributed by atoms with van der Waals surface area (Å²) in [5.74, 6) is 0.559. The van der Waals surface area contributed by atoms with E-state index in [4.69, 9.17) is 4.74 Å². The number of pyridine rings is 1. The molecule has 134 valence electrons. The van der Waals surface area contributed by atoms with Crippen LogP contribution in [0.4, 0.5) is 0 Å². The average Bonchev–Trinajstić information content (AvgIpc) is 2.69. The lowest BCUT2D eigenvalue weighted by molar-refractivity contribution is 0.0715. The number of rotatable bonds is 7. The first kappa shape index (κ1) is 19.5. The van der Waals surface area contributed by atoms with Crippen molar-refractivity contribution in [2.75, 3.05) is 13.2 Å². The number of carbonyl (C=O) groups is 1. The van der Waals surface area contributed by atoms with Crippen LogP contribution in [0.1, 0.15) is 15.9 Å². The maximum Gasteiger partial charge on any atom is 0.254 e. The van der Waals surface area contributed by atoms with Crippen LogP contribution < -0.4 is 4.74 Å². The maximum atomic E-state index is 12.8. The van der Waals surface area contributed by atoms with Gasteiger partial charge in [0.15, 0.2) is 0 Å². The summed E-state index contributed by atoms with van der Waals surface area (Å²) >= 11 is 0. The Hall–Kier alpha value is -2.85. The number of amides is 1. The van der Waals surface area contributed by atoms with E-state index < -0.39 is 0 Å². The summed E-state index contributed by atoms with van der Waals surface area (Å²) in [6, 6.07) is 24.8. The standard InChI is InChI=1S/C21H20N2O2.ClH/c24-21(19-11-5-2-6-12-19)23(17-18-9-3-1-4-10-18)15-16-25-20-13-7-8-14-22-20;/h1-14H,15-17H2;1H. The highest BCUT2D eigenvalue weighted by molar-refractivity contribution is 5.94. The molecule has 0 fully saturated rings. The van der Waals surface area contributed by atoms with Gasteiger partial charge in [-0.3, -0.25) is 4.79 Å². The van der Waals surface area contributed by atoms with Crippen LogP contribution in [0.3, 0.4) is 0 Å². The van der Waals surface area contributed by atoms with Gasteiger partial charge in [-0.1, -0.05) is 54.6 Å². The van der Waals surface area contributed by atoms with E-state index in [1.165, 1.54) is 0 Å². The zero-order valence-electron chi connectivity index (χ0n) is 14.3. The van der Waals surface area contributed by atoms with Crippen LogP contribution >= 0.6 is 12.4 Å². The SMILES string of the molecule is Cl.O=C(c1ccccc1)N(CCOc1ccccn1)Cc1ccccc1. The van der Waals surface area contributed by atoms with Gasteiger partial charge in [0.05, 0.1) is 6.54 Å².